The number of hydrogen-bond acceptors (Lipinski definition) is 7. The number of methoxy groups -OCH3 is 1. The van der Waals surface area contributed by atoms with Gasteiger partial charge < -0.3 is 15.0 Å². The number of thiazole rings is 1. The summed E-state index contributed by atoms with van der Waals surface area (Å²) in [4.78, 5) is 33.1. The first-order valence-corrected chi connectivity index (χ1v) is 14.0. The maximum absolute atomic E-state index is 13.4. The number of fused-ring (bicyclic) bond motifs is 1. The summed E-state index contributed by atoms with van der Waals surface area (Å²) in [6.07, 6.45) is -3.67. The number of carbonyl (C=O) groups is 2. The Kier molecular flexibility index (Phi) is 7.00. The number of amides is 2. The van der Waals surface area contributed by atoms with E-state index < -0.39 is 11.8 Å². The number of ether oxygens (including phenoxy) is 1. The van der Waals surface area contributed by atoms with Crippen LogP contribution in [-0.2, 0) is 23.3 Å². The molecule has 3 heterocycles. The Bertz CT molecular complexity index is 1670. The summed E-state index contributed by atoms with van der Waals surface area (Å²) >= 11 is 1.39. The highest BCUT2D eigenvalue weighted by Crippen LogP contribution is 2.42. The lowest BCUT2D eigenvalue weighted by Crippen LogP contribution is -2.35. The highest BCUT2D eigenvalue weighted by atomic mass is 32.1. The number of benzene rings is 3. The zero-order valence-electron chi connectivity index (χ0n) is 22.6. The van der Waals surface area contributed by atoms with Crippen molar-refractivity contribution in [2.45, 2.75) is 31.6 Å². The highest BCUT2D eigenvalue weighted by molar-refractivity contribution is 7.16. The first-order valence-electron chi connectivity index (χ1n) is 13.1. The second-order valence-corrected chi connectivity index (χ2v) is 11.3. The van der Waals surface area contributed by atoms with Crippen LogP contribution in [0.5, 0.6) is 5.75 Å². The summed E-state index contributed by atoms with van der Waals surface area (Å²) in [7, 11) is 1.59. The summed E-state index contributed by atoms with van der Waals surface area (Å²) in [6.45, 7) is 2.39. The summed E-state index contributed by atoms with van der Waals surface area (Å²) in [6, 6.07) is 18.5. The van der Waals surface area contributed by atoms with Gasteiger partial charge in [-0.15, -0.1) is 11.3 Å². The van der Waals surface area contributed by atoms with Gasteiger partial charge in [-0.25, -0.2) is 15.8 Å². The van der Waals surface area contributed by atoms with Gasteiger partial charge in [0.2, 0.25) is 11.6 Å². The molecule has 0 unspecified atom stereocenters. The maximum Gasteiger partial charge on any atom is 0.426 e. The van der Waals surface area contributed by atoms with Gasteiger partial charge in [-0.3, -0.25) is 9.59 Å². The topological polar surface area (TPSA) is 115 Å². The summed E-state index contributed by atoms with van der Waals surface area (Å²) < 4.78 is 45.3. The lowest BCUT2D eigenvalue weighted by atomic mass is 10.0. The van der Waals surface area contributed by atoms with Gasteiger partial charge >= 0.3 is 6.18 Å². The number of alkyl halides is 3. The van der Waals surface area contributed by atoms with E-state index in [-0.39, 0.29) is 23.8 Å². The van der Waals surface area contributed by atoms with Gasteiger partial charge in [0, 0.05) is 28.2 Å². The van der Waals surface area contributed by atoms with Gasteiger partial charge in [0.25, 0.3) is 5.91 Å². The van der Waals surface area contributed by atoms with E-state index in [1.54, 1.807) is 12.0 Å². The highest BCUT2D eigenvalue weighted by Gasteiger charge is 2.65. The normalized spacial score (nSPS) is 15.3. The van der Waals surface area contributed by atoms with Gasteiger partial charge in [-0.2, -0.15) is 13.2 Å². The van der Waals surface area contributed by atoms with Crippen molar-refractivity contribution in [1.29, 1.82) is 0 Å². The molecule has 0 spiro atoms. The lowest BCUT2D eigenvalue weighted by Gasteiger charge is -2.19. The Morgan fingerprint density at radius 1 is 1.07 bits per heavy atom. The molecule has 8 nitrogen and oxygen atoms in total. The number of hydrogen-bond donors (Lipinski definition) is 3. The molecular formula is C30H26F3N5O3S. The van der Waals surface area contributed by atoms with Crippen molar-refractivity contribution >= 4 is 34.0 Å². The molecule has 0 bridgehead atoms. The fourth-order valence-corrected chi connectivity index (χ4v) is 5.95. The predicted molar refractivity (Wildman–Crippen MR) is 153 cm³/mol. The smallest absolute Gasteiger partial charge is 0.426 e. The van der Waals surface area contributed by atoms with E-state index in [1.807, 2.05) is 49.4 Å². The number of hydrazine groups is 1. The number of carbonyl (C=O) groups excluding carboxylic acids is 2. The molecule has 0 radical (unpaired) electrons. The monoisotopic (exact) mass is 593 g/mol. The van der Waals surface area contributed by atoms with Crippen molar-refractivity contribution in [3.8, 4) is 17.0 Å². The predicted octanol–water partition coefficient (Wildman–Crippen LogP) is 5.33. The van der Waals surface area contributed by atoms with E-state index in [2.05, 4.69) is 21.2 Å². The molecule has 216 valence electrons. The first kappa shape index (κ1) is 27.9. The van der Waals surface area contributed by atoms with Gasteiger partial charge in [0.1, 0.15) is 5.75 Å². The minimum Gasteiger partial charge on any atom is -0.497 e. The fourth-order valence-electron chi connectivity index (χ4n) is 5.10. The molecule has 4 aromatic rings. The lowest BCUT2D eigenvalue weighted by molar-refractivity contribution is -0.165. The van der Waals surface area contributed by atoms with Crippen LogP contribution < -0.4 is 25.8 Å². The van der Waals surface area contributed by atoms with Crippen molar-refractivity contribution in [2.75, 3.05) is 23.9 Å². The largest absolute Gasteiger partial charge is 0.497 e. The molecule has 0 atom stereocenters. The zero-order chi connectivity index (χ0) is 29.6. The molecule has 3 aromatic carbocycles. The molecule has 2 aliphatic rings. The number of nitrogens with one attached hydrogen (secondary N) is 3. The molecule has 2 amide bonds. The summed E-state index contributed by atoms with van der Waals surface area (Å²) in [5.74, 6) is 0.272. The average molecular weight is 594 g/mol. The number of aromatic nitrogens is 1. The van der Waals surface area contributed by atoms with Crippen LogP contribution in [0.25, 0.3) is 11.3 Å². The molecule has 12 heteroatoms. The molecule has 0 saturated carbocycles. The third-order valence-electron chi connectivity index (χ3n) is 7.43. The van der Waals surface area contributed by atoms with Crippen LogP contribution in [0.4, 0.5) is 24.0 Å². The van der Waals surface area contributed by atoms with Crippen LogP contribution in [0, 0.1) is 6.92 Å². The minimum absolute atomic E-state index is 0.00654. The number of aryl methyl sites for hydroxylation is 1. The number of halogens is 3. The molecule has 6 rings (SSSR count). The van der Waals surface area contributed by atoms with E-state index >= 15 is 0 Å². The van der Waals surface area contributed by atoms with Crippen LogP contribution >= 0.6 is 11.3 Å². The fraction of sp³-hybridized carbons (Fsp3) is 0.233. The van der Waals surface area contributed by atoms with Gasteiger partial charge in [0.15, 0.2) is 5.13 Å². The van der Waals surface area contributed by atoms with Crippen molar-refractivity contribution in [2.24, 2.45) is 0 Å². The van der Waals surface area contributed by atoms with Crippen molar-refractivity contribution in [1.82, 2.24) is 15.8 Å². The summed E-state index contributed by atoms with van der Waals surface area (Å²) in [5, 5.41) is 3.39. The van der Waals surface area contributed by atoms with Gasteiger partial charge in [-0.1, -0.05) is 30.3 Å². The third-order valence-corrected chi connectivity index (χ3v) is 8.31. The van der Waals surface area contributed by atoms with E-state index in [4.69, 9.17) is 4.74 Å². The number of anilines is 2. The van der Waals surface area contributed by atoms with Crippen LogP contribution in [0.2, 0.25) is 0 Å². The molecule has 42 heavy (non-hydrogen) atoms. The second kappa shape index (κ2) is 10.5. The van der Waals surface area contributed by atoms with Gasteiger partial charge in [0.05, 0.1) is 19.2 Å². The quantitative estimate of drug-likeness (QED) is 0.250. The second-order valence-electron chi connectivity index (χ2n) is 10.1. The maximum atomic E-state index is 13.4. The van der Waals surface area contributed by atoms with E-state index in [0.717, 1.165) is 38.7 Å². The standard InChI is InChI=1S/C30H26F3N5O3S/c1-17-26(35-28(42-17)34-25(39)15-18-3-10-23(41-2)11-4-18)21-7-12-24-20(16-21)13-14-38(24)27(40)19-5-8-22(9-6-19)29(36-37-29)30(31,32)33/h3-12,16,36-37H,13-15H2,1-2H3,(H,34,35,39). The Balaban J connectivity index is 1.14. The van der Waals surface area contributed by atoms with Gasteiger partial charge in [-0.05, 0) is 66.4 Å². The number of nitrogens with zero attached hydrogens (tertiary/aromatic N) is 2. The van der Waals surface area contributed by atoms with E-state index in [9.17, 15) is 22.8 Å². The van der Waals surface area contributed by atoms with Crippen LogP contribution in [0.1, 0.15) is 31.9 Å². The minimum atomic E-state index is -4.51. The first-order chi connectivity index (χ1) is 20.1. The SMILES string of the molecule is COc1ccc(CC(=O)Nc2nc(-c3ccc4c(c3)CCN4C(=O)c3ccc(C4(C(F)(F)F)NN4)cc3)c(C)s2)cc1. The van der Waals surface area contributed by atoms with Crippen LogP contribution in [0.3, 0.4) is 0 Å². The molecule has 1 aromatic heterocycles. The van der Waals surface area contributed by atoms with E-state index in [0.29, 0.717) is 23.7 Å². The Morgan fingerprint density at radius 2 is 1.79 bits per heavy atom. The Morgan fingerprint density at radius 3 is 2.43 bits per heavy atom. The third kappa shape index (κ3) is 5.13. The molecular weight excluding hydrogens is 567 g/mol. The summed E-state index contributed by atoms with van der Waals surface area (Å²) in [5.41, 5.74) is 6.58. The molecule has 3 N–H and O–H groups in total. The molecule has 1 saturated heterocycles. The molecule has 0 aliphatic carbocycles. The van der Waals surface area contributed by atoms with E-state index in [1.165, 1.54) is 35.6 Å². The Labute approximate surface area is 243 Å². The van der Waals surface area contributed by atoms with Crippen molar-refractivity contribution < 1.29 is 27.5 Å². The molecule has 2 aliphatic heterocycles. The Hall–Kier alpha value is -4.26. The van der Waals surface area contributed by atoms with Crippen molar-refractivity contribution in [3.05, 3.63) is 93.9 Å². The zero-order valence-corrected chi connectivity index (χ0v) is 23.4. The van der Waals surface area contributed by atoms with Crippen molar-refractivity contribution in [3.63, 3.8) is 0 Å². The van der Waals surface area contributed by atoms with Crippen LogP contribution in [0.15, 0.2) is 66.7 Å². The number of rotatable bonds is 7. The molecule has 1 fully saturated rings. The average Bonchev–Trinajstić information content (AvgIpc) is 3.58. The van der Waals surface area contributed by atoms with Crippen LogP contribution in [-0.4, -0.2) is 36.6 Å².